The van der Waals surface area contributed by atoms with E-state index in [-0.39, 0.29) is 12.6 Å². The molecule has 1 aromatic carbocycles. The average molecular weight is 258 g/mol. The molecule has 1 saturated heterocycles. The Morgan fingerprint density at radius 2 is 2.32 bits per heavy atom. The normalized spacial score (nSPS) is 20.8. The first kappa shape index (κ1) is 12.5. The molecule has 4 nitrogen and oxygen atoms in total. The number of hydrogen-bond donors (Lipinski definition) is 1. The molecule has 0 spiro atoms. The van der Waals surface area contributed by atoms with Crippen molar-refractivity contribution < 1.29 is 9.84 Å². The zero-order valence-electron chi connectivity index (χ0n) is 10.8. The minimum absolute atomic E-state index is 0.110. The second kappa shape index (κ2) is 5.65. The Balaban J connectivity index is 1.80. The fourth-order valence-corrected chi connectivity index (χ4v) is 2.52. The third-order valence-electron chi connectivity index (χ3n) is 3.61. The van der Waals surface area contributed by atoms with Gasteiger partial charge in [-0.25, -0.2) is 0 Å². The molecular weight excluding hydrogens is 240 g/mol. The van der Waals surface area contributed by atoms with E-state index < -0.39 is 0 Å². The molecule has 2 heterocycles. The molecule has 0 bridgehead atoms. The van der Waals surface area contributed by atoms with Gasteiger partial charge in [-0.15, -0.1) is 0 Å². The summed E-state index contributed by atoms with van der Waals surface area (Å²) in [5, 5.41) is 10.5. The van der Waals surface area contributed by atoms with Gasteiger partial charge in [0.2, 0.25) is 0 Å². The fraction of sp³-hybridized carbons (Fsp3) is 0.400. The highest BCUT2D eigenvalue weighted by molar-refractivity contribution is 5.78. The van der Waals surface area contributed by atoms with Gasteiger partial charge < -0.3 is 9.84 Å². The van der Waals surface area contributed by atoms with Crippen LogP contribution in [0.5, 0.6) is 0 Å². The predicted molar refractivity (Wildman–Crippen MR) is 73.8 cm³/mol. The van der Waals surface area contributed by atoms with E-state index in [9.17, 15) is 5.11 Å². The van der Waals surface area contributed by atoms with Crippen LogP contribution in [0.1, 0.15) is 5.56 Å². The van der Waals surface area contributed by atoms with Gasteiger partial charge in [-0.1, -0.05) is 12.1 Å². The largest absolute Gasteiger partial charge is 0.395 e. The van der Waals surface area contributed by atoms with Crippen LogP contribution in [0.4, 0.5) is 0 Å². The van der Waals surface area contributed by atoms with Crippen molar-refractivity contribution in [2.45, 2.75) is 12.6 Å². The maximum Gasteiger partial charge on any atom is 0.0702 e. The molecule has 2 aromatic rings. The van der Waals surface area contributed by atoms with Crippen LogP contribution < -0.4 is 0 Å². The SMILES string of the molecule is OCC1COCCN1Cc1ccc2ncccc2c1. The highest BCUT2D eigenvalue weighted by Gasteiger charge is 2.22. The number of aliphatic hydroxyl groups is 1. The third-order valence-corrected chi connectivity index (χ3v) is 3.61. The van der Waals surface area contributed by atoms with Crippen molar-refractivity contribution in [1.29, 1.82) is 0 Å². The molecule has 0 amide bonds. The molecular formula is C15H18N2O2. The van der Waals surface area contributed by atoms with E-state index >= 15 is 0 Å². The van der Waals surface area contributed by atoms with Gasteiger partial charge in [0.05, 0.1) is 31.4 Å². The Bertz CT molecular complexity index is 559. The topological polar surface area (TPSA) is 45.6 Å². The maximum atomic E-state index is 9.38. The molecule has 0 radical (unpaired) electrons. The quantitative estimate of drug-likeness (QED) is 0.904. The summed E-state index contributed by atoms with van der Waals surface area (Å²) < 4.78 is 5.40. The maximum absolute atomic E-state index is 9.38. The van der Waals surface area contributed by atoms with Crippen LogP contribution in [0.25, 0.3) is 10.9 Å². The first-order valence-electron chi connectivity index (χ1n) is 6.63. The summed E-state index contributed by atoms with van der Waals surface area (Å²) in [6.07, 6.45) is 1.81. The van der Waals surface area contributed by atoms with Gasteiger partial charge in [-0.3, -0.25) is 9.88 Å². The van der Waals surface area contributed by atoms with Crippen LogP contribution in [0.2, 0.25) is 0 Å². The molecule has 1 aliphatic heterocycles. The Kier molecular flexibility index (Phi) is 3.73. The summed E-state index contributed by atoms with van der Waals surface area (Å²) in [6.45, 7) is 3.22. The van der Waals surface area contributed by atoms with Crippen LogP contribution in [-0.2, 0) is 11.3 Å². The highest BCUT2D eigenvalue weighted by atomic mass is 16.5. The van der Waals surface area contributed by atoms with E-state index in [1.54, 1.807) is 0 Å². The summed E-state index contributed by atoms with van der Waals surface area (Å²) in [7, 11) is 0. The lowest BCUT2D eigenvalue weighted by molar-refractivity contribution is -0.0312. The van der Waals surface area contributed by atoms with Gasteiger partial charge in [0.15, 0.2) is 0 Å². The Hall–Kier alpha value is -1.49. The van der Waals surface area contributed by atoms with Crippen molar-refractivity contribution in [3.8, 4) is 0 Å². The van der Waals surface area contributed by atoms with Gasteiger partial charge in [0, 0.05) is 24.7 Å². The highest BCUT2D eigenvalue weighted by Crippen LogP contribution is 2.17. The zero-order chi connectivity index (χ0) is 13.1. The number of nitrogens with zero attached hydrogens (tertiary/aromatic N) is 2. The number of aromatic nitrogens is 1. The van der Waals surface area contributed by atoms with Gasteiger partial charge in [-0.05, 0) is 23.8 Å². The molecule has 0 aliphatic carbocycles. The van der Waals surface area contributed by atoms with Gasteiger partial charge in [0.25, 0.3) is 0 Å². The lowest BCUT2D eigenvalue weighted by atomic mass is 10.1. The van der Waals surface area contributed by atoms with Crippen LogP contribution in [0.15, 0.2) is 36.5 Å². The molecule has 1 N–H and O–H groups in total. The first-order chi connectivity index (χ1) is 9.36. The molecule has 4 heteroatoms. The molecule has 1 aliphatic rings. The average Bonchev–Trinajstić information content (AvgIpc) is 2.48. The van der Waals surface area contributed by atoms with Crippen LogP contribution in [0, 0.1) is 0 Å². The lowest BCUT2D eigenvalue weighted by Gasteiger charge is -2.34. The van der Waals surface area contributed by atoms with Crippen molar-refractivity contribution >= 4 is 10.9 Å². The van der Waals surface area contributed by atoms with Crippen molar-refractivity contribution in [2.24, 2.45) is 0 Å². The van der Waals surface area contributed by atoms with E-state index in [1.165, 1.54) is 5.56 Å². The van der Waals surface area contributed by atoms with Crippen molar-refractivity contribution in [3.05, 3.63) is 42.1 Å². The number of aliphatic hydroxyl groups excluding tert-OH is 1. The summed E-state index contributed by atoms with van der Waals surface area (Å²) in [5.74, 6) is 0. The fourth-order valence-electron chi connectivity index (χ4n) is 2.52. The molecule has 0 saturated carbocycles. The number of pyridine rings is 1. The Morgan fingerprint density at radius 1 is 1.37 bits per heavy atom. The summed E-state index contributed by atoms with van der Waals surface area (Å²) in [5.41, 5.74) is 2.27. The molecule has 3 rings (SSSR count). The van der Waals surface area contributed by atoms with Crippen LogP contribution >= 0.6 is 0 Å². The second-order valence-electron chi connectivity index (χ2n) is 4.91. The zero-order valence-corrected chi connectivity index (χ0v) is 10.8. The molecule has 100 valence electrons. The number of ether oxygens (including phenoxy) is 1. The van der Waals surface area contributed by atoms with E-state index in [0.29, 0.717) is 6.61 Å². The predicted octanol–water partition coefficient (Wildman–Crippen LogP) is 1.43. The van der Waals surface area contributed by atoms with E-state index in [2.05, 4.69) is 34.1 Å². The van der Waals surface area contributed by atoms with Crippen LogP contribution in [0.3, 0.4) is 0 Å². The molecule has 1 fully saturated rings. The standard InChI is InChI=1S/C15H18N2O2/c18-10-14-11-19-7-6-17(14)9-12-3-4-15-13(8-12)2-1-5-16-15/h1-5,8,14,18H,6-7,9-11H2. The van der Waals surface area contributed by atoms with E-state index in [0.717, 1.165) is 30.6 Å². The lowest BCUT2D eigenvalue weighted by Crippen LogP contribution is -2.46. The van der Waals surface area contributed by atoms with Crippen molar-refractivity contribution in [3.63, 3.8) is 0 Å². The minimum Gasteiger partial charge on any atom is -0.395 e. The van der Waals surface area contributed by atoms with Gasteiger partial charge in [-0.2, -0.15) is 0 Å². The molecule has 1 unspecified atom stereocenters. The first-order valence-corrected chi connectivity index (χ1v) is 6.63. The second-order valence-corrected chi connectivity index (χ2v) is 4.91. The number of fused-ring (bicyclic) bond motifs is 1. The summed E-state index contributed by atoms with van der Waals surface area (Å²) in [4.78, 5) is 6.61. The van der Waals surface area contributed by atoms with Crippen molar-refractivity contribution in [1.82, 2.24) is 9.88 Å². The third kappa shape index (κ3) is 2.76. The van der Waals surface area contributed by atoms with Crippen LogP contribution in [-0.4, -0.2) is 47.4 Å². The molecule has 1 atom stereocenters. The number of benzene rings is 1. The Morgan fingerprint density at radius 3 is 3.21 bits per heavy atom. The van der Waals surface area contributed by atoms with Crippen molar-refractivity contribution in [2.75, 3.05) is 26.4 Å². The summed E-state index contributed by atoms with van der Waals surface area (Å²) in [6, 6.07) is 10.5. The van der Waals surface area contributed by atoms with E-state index in [1.807, 2.05) is 12.3 Å². The van der Waals surface area contributed by atoms with Gasteiger partial charge >= 0.3 is 0 Å². The number of hydrogen-bond acceptors (Lipinski definition) is 4. The smallest absolute Gasteiger partial charge is 0.0702 e. The van der Waals surface area contributed by atoms with E-state index in [4.69, 9.17) is 4.74 Å². The number of rotatable bonds is 3. The molecule has 1 aromatic heterocycles. The molecule has 19 heavy (non-hydrogen) atoms. The summed E-state index contributed by atoms with van der Waals surface area (Å²) >= 11 is 0. The number of morpholine rings is 1. The Labute approximate surface area is 112 Å². The van der Waals surface area contributed by atoms with Gasteiger partial charge in [0.1, 0.15) is 0 Å². The minimum atomic E-state index is 0.110. The monoisotopic (exact) mass is 258 g/mol.